The molecule has 3 rings (SSSR count). The molecule has 7 N–H and O–H groups in total. The molecular formula is C38H77N12O12PS. The minimum atomic E-state index is -3.79. The molecule has 3 heterocycles. The molecule has 0 amide bonds. The summed E-state index contributed by atoms with van der Waals surface area (Å²) in [4.78, 5) is 48.8. The summed E-state index contributed by atoms with van der Waals surface area (Å²) < 4.78 is 40.4. The van der Waals surface area contributed by atoms with Gasteiger partial charge in [-0.15, -0.1) is 25.5 Å². The van der Waals surface area contributed by atoms with E-state index in [2.05, 4.69) is 93.1 Å². The summed E-state index contributed by atoms with van der Waals surface area (Å²) in [5.41, 5.74) is -0.343. The SMILES string of the molecule is CC(C)(C)CC(=O)O.CC(C)(C)CP(=O)(O)O.CC(C)(C)CS(=O)(=O)O.CC(C)(C)Cc1nn[nH]n1.CC(C)(C)Cc1nnn(CC(=O)O)n1.CC(C)(C)Cc1nnnn1CC(=O)O. The topological polar surface area (TPSA) is 365 Å². The first kappa shape index (κ1) is 64.0. The third-order valence-electron chi connectivity index (χ3n) is 6.09. The van der Waals surface area contributed by atoms with Gasteiger partial charge in [0, 0.05) is 19.3 Å². The molecule has 0 aliphatic heterocycles. The maximum absolute atomic E-state index is 10.5. The van der Waals surface area contributed by atoms with Gasteiger partial charge in [-0.3, -0.25) is 23.5 Å². The predicted octanol–water partition coefficient (Wildman–Crippen LogP) is 5.12. The van der Waals surface area contributed by atoms with Crippen LogP contribution in [0.15, 0.2) is 0 Å². The summed E-state index contributed by atoms with van der Waals surface area (Å²) in [6.45, 7) is 34.7. The summed E-state index contributed by atoms with van der Waals surface area (Å²) in [5.74, 6) is -0.833. The molecule has 3 aromatic heterocycles. The van der Waals surface area contributed by atoms with E-state index in [0.717, 1.165) is 17.0 Å². The Kier molecular flexibility index (Phi) is 26.6. The van der Waals surface area contributed by atoms with Crippen molar-refractivity contribution in [3.05, 3.63) is 17.5 Å². The second-order valence-corrected chi connectivity index (χ2v) is 25.2. The van der Waals surface area contributed by atoms with Crippen LogP contribution in [-0.4, -0.2) is 129 Å². The Balaban J connectivity index is -0.000000708. The molecular weight excluding hydrogens is 880 g/mol. The number of hydrogen-bond donors (Lipinski definition) is 7. The summed E-state index contributed by atoms with van der Waals surface area (Å²) in [7, 11) is -7.57. The Morgan fingerprint density at radius 2 is 1.08 bits per heavy atom. The molecule has 0 aromatic carbocycles. The second kappa shape index (κ2) is 26.6. The van der Waals surface area contributed by atoms with E-state index in [-0.39, 0.29) is 63.9 Å². The van der Waals surface area contributed by atoms with E-state index in [4.69, 9.17) is 29.7 Å². The lowest BCUT2D eigenvalue weighted by Crippen LogP contribution is -2.19. The van der Waals surface area contributed by atoms with Crippen molar-refractivity contribution < 1.29 is 57.0 Å². The molecule has 0 saturated heterocycles. The van der Waals surface area contributed by atoms with Crippen LogP contribution in [0.3, 0.4) is 0 Å². The first-order valence-electron chi connectivity index (χ1n) is 20.1. The molecule has 0 radical (unpaired) electrons. The molecule has 24 nitrogen and oxygen atoms in total. The van der Waals surface area contributed by atoms with Crippen LogP contribution in [0, 0.1) is 32.5 Å². The van der Waals surface area contributed by atoms with E-state index in [0.29, 0.717) is 24.5 Å². The van der Waals surface area contributed by atoms with Gasteiger partial charge in [-0.1, -0.05) is 130 Å². The smallest absolute Gasteiger partial charge is 0.327 e. The Morgan fingerprint density at radius 3 is 1.36 bits per heavy atom. The number of carbonyl (C=O) groups is 3. The zero-order chi connectivity index (χ0) is 51.3. The second-order valence-electron chi connectivity index (χ2n) is 22.1. The highest BCUT2D eigenvalue weighted by molar-refractivity contribution is 7.85. The van der Waals surface area contributed by atoms with Crippen LogP contribution in [-0.2, 0) is 61.4 Å². The fourth-order valence-electron chi connectivity index (χ4n) is 4.44. The summed E-state index contributed by atoms with van der Waals surface area (Å²) >= 11 is 0. The fourth-order valence-corrected chi connectivity index (χ4v) is 6.77. The van der Waals surface area contributed by atoms with Crippen molar-refractivity contribution in [2.45, 2.75) is 163 Å². The highest BCUT2D eigenvalue weighted by Crippen LogP contribution is 2.41. The highest BCUT2D eigenvalue weighted by atomic mass is 32.2. The molecule has 0 saturated carbocycles. The molecule has 0 unspecified atom stereocenters. The van der Waals surface area contributed by atoms with Gasteiger partial charge in [-0.2, -0.15) is 18.4 Å². The number of aromatic nitrogens is 12. The monoisotopic (exact) mass is 957 g/mol. The largest absolute Gasteiger partial charge is 0.481 e. The number of nitrogens with one attached hydrogen (secondary N) is 1. The number of carboxylic acids is 3. The molecule has 0 atom stereocenters. The highest BCUT2D eigenvalue weighted by Gasteiger charge is 2.23. The predicted molar refractivity (Wildman–Crippen MR) is 239 cm³/mol. The van der Waals surface area contributed by atoms with Gasteiger partial charge in [0.15, 0.2) is 24.0 Å². The molecule has 0 aliphatic rings. The van der Waals surface area contributed by atoms with Crippen molar-refractivity contribution in [1.29, 1.82) is 0 Å². The average Bonchev–Trinajstić information content (AvgIpc) is 3.70. The minimum Gasteiger partial charge on any atom is -0.481 e. The van der Waals surface area contributed by atoms with Gasteiger partial charge in [0.2, 0.25) is 0 Å². The van der Waals surface area contributed by atoms with E-state index in [1.807, 2.05) is 41.5 Å². The molecule has 0 fully saturated rings. The van der Waals surface area contributed by atoms with Gasteiger partial charge < -0.3 is 25.1 Å². The number of rotatable bonds is 10. The number of aromatic amines is 1. The maximum atomic E-state index is 10.5. The molecule has 64 heavy (non-hydrogen) atoms. The normalized spacial score (nSPS) is 12.3. The molecule has 0 aliphatic carbocycles. The standard InChI is InChI=1S/2C8H14N4O2.C6H12N4.C6H12O2.C5H13O3P.C5H12O3S/c1-8(2,3)4-6-9-10-11-12(6)5-7(13)14;1-8(2,3)4-6-9-11-12(10-6)5-7(13)14;1-6(2,3)4-5-7-9-10-8-5;1-6(2,3)4-5(7)8;2*1-5(2,3)4-9(6,7)8/h2*4-5H2,1-3H3,(H,13,14);4H2,1-3H3,(H,7,8,9,10);4H2,1-3H3,(H,7,8);4H2,1-3H3,(H2,6,7,8);4H2,1-3H3,(H,6,7,8). The van der Waals surface area contributed by atoms with Gasteiger partial charge >= 0.3 is 25.5 Å². The van der Waals surface area contributed by atoms with Gasteiger partial charge in [-0.25, -0.2) is 4.68 Å². The van der Waals surface area contributed by atoms with Crippen LogP contribution in [0.5, 0.6) is 0 Å². The van der Waals surface area contributed by atoms with Crippen LogP contribution in [0.1, 0.15) is 149 Å². The Bertz CT molecular complexity index is 1960. The van der Waals surface area contributed by atoms with Crippen molar-refractivity contribution in [1.82, 2.24) is 61.0 Å². The maximum Gasteiger partial charge on any atom is 0.327 e. The molecule has 372 valence electrons. The van der Waals surface area contributed by atoms with Gasteiger partial charge in [0.1, 0.15) is 6.54 Å². The quantitative estimate of drug-likeness (QED) is 0.102. The lowest BCUT2D eigenvalue weighted by molar-refractivity contribution is -0.139. The third kappa shape index (κ3) is 48.7. The number of H-pyrrole nitrogens is 1. The van der Waals surface area contributed by atoms with Crippen LogP contribution in [0.4, 0.5) is 0 Å². The fraction of sp³-hybridized carbons (Fsp3) is 0.842. The summed E-state index contributed by atoms with van der Waals surface area (Å²) in [6.07, 6.45) is 2.41. The number of tetrazole rings is 3. The minimum absolute atomic E-state index is 0.0417. The molecule has 0 bridgehead atoms. The van der Waals surface area contributed by atoms with E-state index in [9.17, 15) is 27.4 Å². The number of aliphatic carboxylic acids is 3. The van der Waals surface area contributed by atoms with Crippen molar-refractivity contribution in [3.63, 3.8) is 0 Å². The van der Waals surface area contributed by atoms with Crippen LogP contribution in [0.25, 0.3) is 0 Å². The molecule has 0 spiro atoms. The van der Waals surface area contributed by atoms with Crippen molar-refractivity contribution in [3.8, 4) is 0 Å². The number of nitrogens with zero attached hydrogens (tertiary/aromatic N) is 11. The van der Waals surface area contributed by atoms with E-state index >= 15 is 0 Å². The van der Waals surface area contributed by atoms with E-state index < -0.39 is 35.6 Å². The lowest BCUT2D eigenvalue weighted by Gasteiger charge is -2.17. The van der Waals surface area contributed by atoms with Crippen molar-refractivity contribution in [2.75, 3.05) is 11.9 Å². The zero-order valence-electron chi connectivity index (χ0n) is 41.1. The third-order valence-corrected chi connectivity index (χ3v) is 8.69. The molecule has 26 heteroatoms. The number of hydrogen-bond acceptors (Lipinski definition) is 15. The van der Waals surface area contributed by atoms with Crippen molar-refractivity contribution >= 4 is 35.6 Å². The summed E-state index contributed by atoms with van der Waals surface area (Å²) in [5, 5.41) is 61.1. The van der Waals surface area contributed by atoms with Crippen LogP contribution in [0.2, 0.25) is 0 Å². The van der Waals surface area contributed by atoms with Crippen LogP contribution < -0.4 is 0 Å². The van der Waals surface area contributed by atoms with Gasteiger partial charge in [-0.05, 0) is 48.1 Å². The Hall–Kier alpha value is -4.32. The average molecular weight is 957 g/mol. The first-order chi connectivity index (χ1) is 28.2. The zero-order valence-corrected chi connectivity index (χ0v) is 42.8. The molecule has 3 aromatic rings. The Labute approximate surface area is 378 Å². The van der Waals surface area contributed by atoms with E-state index in [1.165, 1.54) is 4.68 Å². The van der Waals surface area contributed by atoms with Gasteiger partial charge in [0.05, 0.1) is 18.3 Å². The Morgan fingerprint density at radius 1 is 0.609 bits per heavy atom. The number of carboxylic acid groups (broad SMARTS) is 3. The first-order valence-corrected chi connectivity index (χ1v) is 23.5. The van der Waals surface area contributed by atoms with Crippen molar-refractivity contribution in [2.24, 2.45) is 32.5 Å². The summed E-state index contributed by atoms with van der Waals surface area (Å²) in [6, 6.07) is 0. The van der Waals surface area contributed by atoms with E-state index in [1.54, 1.807) is 41.5 Å². The lowest BCUT2D eigenvalue weighted by atomic mass is 9.92. The van der Waals surface area contributed by atoms with Crippen LogP contribution >= 0.6 is 7.60 Å². The van der Waals surface area contributed by atoms with Gasteiger partial charge in [0.25, 0.3) is 10.1 Å².